The maximum atomic E-state index is 12.7. The predicted octanol–water partition coefficient (Wildman–Crippen LogP) is -1.75. The number of aliphatic hydroxyl groups is 3. The van der Waals surface area contributed by atoms with Crippen molar-refractivity contribution in [3.63, 3.8) is 0 Å². The van der Waals surface area contributed by atoms with Crippen molar-refractivity contribution in [3.05, 3.63) is 0 Å². The summed E-state index contributed by atoms with van der Waals surface area (Å²) in [4.78, 5) is 10.0. The second kappa shape index (κ2) is 5.98. The Kier molecular flexibility index (Phi) is 5.72. The minimum absolute atomic E-state index is 0.0402. The van der Waals surface area contributed by atoms with E-state index in [0.717, 1.165) is 7.11 Å². The third kappa shape index (κ3) is 3.35. The van der Waals surface area contributed by atoms with Crippen molar-refractivity contribution in [1.29, 1.82) is 0 Å². The van der Waals surface area contributed by atoms with Crippen molar-refractivity contribution < 1.29 is 29.2 Å². The number of carbonyl (C=O) groups is 1. The smallest absolute Gasteiger partial charge is 0.184 e. The zero-order chi connectivity index (χ0) is 10.4. The van der Waals surface area contributed by atoms with Gasteiger partial charge < -0.3 is 24.9 Å². The monoisotopic (exact) mass is 196 g/mol. The number of halogens is 1. The normalized spacial score (nSPS) is 20.4. The van der Waals surface area contributed by atoms with Gasteiger partial charge in [-0.15, -0.1) is 0 Å². The second-order valence-corrected chi connectivity index (χ2v) is 2.52. The molecule has 0 aromatic heterocycles. The van der Waals surface area contributed by atoms with Crippen LogP contribution in [0.1, 0.15) is 0 Å². The summed E-state index contributed by atoms with van der Waals surface area (Å²) in [6.07, 6.45) is -6.68. The number of methoxy groups -OCH3 is 1. The molecule has 0 aromatic carbocycles. The summed E-state index contributed by atoms with van der Waals surface area (Å²) in [5, 5.41) is 26.5. The fraction of sp³-hybridized carbons (Fsp3) is 0.857. The molecule has 0 bridgehead atoms. The van der Waals surface area contributed by atoms with Crippen LogP contribution in [0.15, 0.2) is 0 Å². The zero-order valence-electron chi connectivity index (χ0n) is 7.13. The van der Waals surface area contributed by atoms with Gasteiger partial charge in [0.1, 0.15) is 18.3 Å². The summed E-state index contributed by atoms with van der Waals surface area (Å²) >= 11 is 0. The van der Waals surface area contributed by atoms with E-state index in [1.54, 1.807) is 0 Å². The molecule has 0 aliphatic carbocycles. The molecule has 78 valence electrons. The highest BCUT2D eigenvalue weighted by atomic mass is 19.1. The number of rotatable bonds is 6. The molecule has 0 amide bonds. The summed E-state index contributed by atoms with van der Waals surface area (Å²) in [5.74, 6) is 0. The fourth-order valence-corrected chi connectivity index (χ4v) is 0.862. The lowest BCUT2D eigenvalue weighted by Crippen LogP contribution is -2.46. The first-order chi connectivity index (χ1) is 6.08. The fourth-order valence-electron chi connectivity index (χ4n) is 0.862. The number of aldehydes is 1. The van der Waals surface area contributed by atoms with Gasteiger partial charge in [-0.1, -0.05) is 0 Å². The average molecular weight is 196 g/mol. The third-order valence-corrected chi connectivity index (χ3v) is 1.63. The Labute approximate surface area is 74.8 Å². The van der Waals surface area contributed by atoms with Crippen LogP contribution in [0.4, 0.5) is 4.39 Å². The number of carbonyl (C=O) groups excluding carboxylic acids is 1. The molecule has 0 saturated carbocycles. The molecule has 0 saturated heterocycles. The summed E-state index contributed by atoms with van der Waals surface area (Å²) in [6.45, 7) is -0.730. The number of hydrogen-bond donors (Lipinski definition) is 3. The quantitative estimate of drug-likeness (QED) is 0.439. The summed E-state index contributed by atoms with van der Waals surface area (Å²) in [6, 6.07) is 0. The molecule has 0 aliphatic heterocycles. The van der Waals surface area contributed by atoms with Gasteiger partial charge in [0.25, 0.3) is 0 Å². The van der Waals surface area contributed by atoms with E-state index in [-0.39, 0.29) is 6.29 Å². The molecular formula is C7H13FO5. The molecule has 0 heterocycles. The number of hydrogen-bond acceptors (Lipinski definition) is 5. The van der Waals surface area contributed by atoms with Crippen molar-refractivity contribution in [2.24, 2.45) is 0 Å². The Morgan fingerprint density at radius 2 is 2.08 bits per heavy atom. The predicted molar refractivity (Wildman–Crippen MR) is 40.9 cm³/mol. The van der Waals surface area contributed by atoms with Crippen molar-refractivity contribution in [3.8, 4) is 0 Å². The van der Waals surface area contributed by atoms with E-state index in [9.17, 15) is 9.18 Å². The Morgan fingerprint density at radius 1 is 1.54 bits per heavy atom. The van der Waals surface area contributed by atoms with Gasteiger partial charge in [-0.2, -0.15) is 0 Å². The summed E-state index contributed by atoms with van der Waals surface area (Å²) in [5.41, 5.74) is 0. The first kappa shape index (κ1) is 12.4. The van der Waals surface area contributed by atoms with Crippen LogP contribution < -0.4 is 0 Å². The van der Waals surface area contributed by atoms with Crippen molar-refractivity contribution in [2.75, 3.05) is 13.7 Å². The van der Waals surface area contributed by atoms with Crippen molar-refractivity contribution in [1.82, 2.24) is 0 Å². The SMILES string of the molecule is CO[C@@H]([C@H](O)[C@H](O)CO)[C@@H](F)C=O. The average Bonchev–Trinajstić information content (AvgIpc) is 2.17. The van der Waals surface area contributed by atoms with Crippen LogP contribution in [0.2, 0.25) is 0 Å². The zero-order valence-corrected chi connectivity index (χ0v) is 7.13. The van der Waals surface area contributed by atoms with Crippen molar-refractivity contribution in [2.45, 2.75) is 24.5 Å². The van der Waals surface area contributed by atoms with Gasteiger partial charge in [-0.05, 0) is 0 Å². The van der Waals surface area contributed by atoms with E-state index in [4.69, 9.17) is 15.3 Å². The standard InChI is InChI=1S/C7H13FO5/c1-13-7(4(8)2-9)6(12)5(11)3-10/h2,4-7,10-12H,3H2,1H3/t4-,5+,6+,7+/m0/s1. The molecule has 4 atom stereocenters. The van der Waals surface area contributed by atoms with Crippen LogP contribution in [0.3, 0.4) is 0 Å². The number of alkyl halides is 1. The molecule has 0 radical (unpaired) electrons. The van der Waals surface area contributed by atoms with Gasteiger partial charge in [0.2, 0.25) is 0 Å². The van der Waals surface area contributed by atoms with Gasteiger partial charge in [0.15, 0.2) is 12.5 Å². The lowest BCUT2D eigenvalue weighted by atomic mass is 10.1. The molecule has 0 aromatic rings. The van der Waals surface area contributed by atoms with E-state index < -0.39 is 31.1 Å². The molecule has 0 fully saturated rings. The molecular weight excluding hydrogens is 183 g/mol. The lowest BCUT2D eigenvalue weighted by Gasteiger charge is -2.24. The van der Waals surface area contributed by atoms with Crippen molar-refractivity contribution >= 4 is 6.29 Å². The first-order valence-electron chi connectivity index (χ1n) is 3.67. The van der Waals surface area contributed by atoms with E-state index in [2.05, 4.69) is 4.74 Å². The Balaban J connectivity index is 4.29. The molecule has 5 nitrogen and oxygen atoms in total. The highest BCUT2D eigenvalue weighted by Gasteiger charge is 2.32. The minimum Gasteiger partial charge on any atom is -0.394 e. The molecule has 0 spiro atoms. The topological polar surface area (TPSA) is 87.0 Å². The maximum absolute atomic E-state index is 12.7. The van der Waals surface area contributed by atoms with E-state index in [1.165, 1.54) is 0 Å². The van der Waals surface area contributed by atoms with Crippen LogP contribution >= 0.6 is 0 Å². The van der Waals surface area contributed by atoms with Gasteiger partial charge >= 0.3 is 0 Å². The molecule has 13 heavy (non-hydrogen) atoms. The van der Waals surface area contributed by atoms with Crippen LogP contribution in [-0.4, -0.2) is 59.8 Å². The highest BCUT2D eigenvalue weighted by Crippen LogP contribution is 2.09. The highest BCUT2D eigenvalue weighted by molar-refractivity contribution is 5.57. The summed E-state index contributed by atoms with van der Waals surface area (Å²) in [7, 11) is 1.09. The van der Waals surface area contributed by atoms with E-state index in [0.29, 0.717) is 0 Å². The van der Waals surface area contributed by atoms with E-state index >= 15 is 0 Å². The van der Waals surface area contributed by atoms with Gasteiger partial charge in [-0.25, -0.2) is 4.39 Å². The van der Waals surface area contributed by atoms with Gasteiger partial charge in [0, 0.05) is 7.11 Å². The minimum atomic E-state index is -2.03. The lowest BCUT2D eigenvalue weighted by molar-refractivity contribution is -0.133. The molecule has 6 heteroatoms. The van der Waals surface area contributed by atoms with Crippen LogP contribution in [-0.2, 0) is 9.53 Å². The van der Waals surface area contributed by atoms with E-state index in [1.807, 2.05) is 0 Å². The molecule has 0 rings (SSSR count). The first-order valence-corrected chi connectivity index (χ1v) is 3.67. The number of aliphatic hydroxyl groups excluding tert-OH is 3. The molecule has 0 aliphatic rings. The van der Waals surface area contributed by atoms with Crippen LogP contribution in [0, 0.1) is 0 Å². The Hall–Kier alpha value is -0.560. The third-order valence-electron chi connectivity index (χ3n) is 1.63. The summed E-state index contributed by atoms with van der Waals surface area (Å²) < 4.78 is 17.2. The van der Waals surface area contributed by atoms with Gasteiger partial charge in [0.05, 0.1) is 6.61 Å². The van der Waals surface area contributed by atoms with Crippen LogP contribution in [0.25, 0.3) is 0 Å². The Morgan fingerprint density at radius 3 is 2.38 bits per heavy atom. The molecule has 3 N–H and O–H groups in total. The molecule has 0 unspecified atom stereocenters. The largest absolute Gasteiger partial charge is 0.394 e. The Bertz CT molecular complexity index is 154. The van der Waals surface area contributed by atoms with Gasteiger partial charge in [-0.3, -0.25) is 0 Å². The second-order valence-electron chi connectivity index (χ2n) is 2.52. The number of ether oxygens (including phenoxy) is 1. The maximum Gasteiger partial charge on any atom is 0.184 e. The van der Waals surface area contributed by atoms with Crippen LogP contribution in [0.5, 0.6) is 0 Å².